The Kier molecular flexibility index (Phi) is 5.12. The van der Waals surface area contributed by atoms with Gasteiger partial charge >= 0.3 is 0 Å². The van der Waals surface area contributed by atoms with Crippen LogP contribution in [0.5, 0.6) is 5.75 Å². The number of allylic oxidation sites excluding steroid dienone is 1. The molecule has 0 aliphatic carbocycles. The van der Waals surface area contributed by atoms with E-state index in [0.717, 1.165) is 22.7 Å². The summed E-state index contributed by atoms with van der Waals surface area (Å²) < 4.78 is 5.17. The summed E-state index contributed by atoms with van der Waals surface area (Å²) in [5.41, 5.74) is 4.47. The summed E-state index contributed by atoms with van der Waals surface area (Å²) in [6.07, 6.45) is 1.70. The molecule has 0 spiro atoms. The number of nitriles is 1. The van der Waals surface area contributed by atoms with Crippen molar-refractivity contribution in [3.05, 3.63) is 70.7 Å². The van der Waals surface area contributed by atoms with Crippen LogP contribution in [0.1, 0.15) is 10.6 Å². The molecule has 0 saturated heterocycles. The Morgan fingerprint density at radius 2 is 1.88 bits per heavy atom. The second kappa shape index (κ2) is 7.65. The molecule has 2 aromatic carbocycles. The van der Waals surface area contributed by atoms with Crippen molar-refractivity contribution in [1.82, 2.24) is 4.98 Å². The zero-order valence-electron chi connectivity index (χ0n) is 14.0. The molecule has 124 valence electrons. The summed E-state index contributed by atoms with van der Waals surface area (Å²) in [6, 6.07) is 17.9. The van der Waals surface area contributed by atoms with E-state index in [4.69, 9.17) is 4.74 Å². The maximum absolute atomic E-state index is 9.44. The maximum Gasteiger partial charge on any atom is 0.136 e. The summed E-state index contributed by atoms with van der Waals surface area (Å²) >= 11 is 1.45. The molecular weight excluding hydrogens is 330 g/mol. The predicted molar refractivity (Wildman–Crippen MR) is 102 cm³/mol. The molecule has 4 nitrogen and oxygen atoms in total. The molecule has 0 radical (unpaired) electrons. The van der Waals surface area contributed by atoms with E-state index in [0.29, 0.717) is 10.6 Å². The van der Waals surface area contributed by atoms with Crippen LogP contribution in [0.15, 0.2) is 60.1 Å². The first kappa shape index (κ1) is 16.7. The highest BCUT2D eigenvalue weighted by atomic mass is 32.1. The van der Waals surface area contributed by atoms with Crippen molar-refractivity contribution in [2.24, 2.45) is 0 Å². The Labute approximate surface area is 151 Å². The minimum atomic E-state index is 0.505. The number of hydrogen-bond donors (Lipinski definition) is 1. The molecule has 3 aromatic rings. The lowest BCUT2D eigenvalue weighted by Gasteiger charge is -2.02. The molecule has 0 saturated carbocycles. The minimum absolute atomic E-state index is 0.505. The van der Waals surface area contributed by atoms with Crippen LogP contribution in [0.25, 0.3) is 16.8 Å². The van der Waals surface area contributed by atoms with Crippen LogP contribution < -0.4 is 10.1 Å². The predicted octanol–water partition coefficient (Wildman–Crippen LogP) is 5.10. The molecule has 0 aliphatic rings. The fraction of sp³-hybridized carbons (Fsp3) is 0.100. The van der Waals surface area contributed by atoms with E-state index in [1.54, 1.807) is 13.3 Å². The number of benzene rings is 2. The summed E-state index contributed by atoms with van der Waals surface area (Å²) in [5.74, 6) is 0.805. The lowest BCUT2D eigenvalue weighted by atomic mass is 10.2. The summed E-state index contributed by atoms with van der Waals surface area (Å²) in [4.78, 5) is 4.58. The van der Waals surface area contributed by atoms with Gasteiger partial charge in [-0.05, 0) is 43.3 Å². The molecule has 1 aromatic heterocycles. The molecular formula is C20H17N3OS. The maximum atomic E-state index is 9.44. The van der Waals surface area contributed by atoms with Gasteiger partial charge in [-0.15, -0.1) is 11.3 Å². The van der Waals surface area contributed by atoms with Gasteiger partial charge in [-0.1, -0.05) is 17.7 Å². The number of thiazole rings is 1. The van der Waals surface area contributed by atoms with Gasteiger partial charge in [0.1, 0.15) is 22.4 Å². The second-order valence-electron chi connectivity index (χ2n) is 5.45. The molecule has 0 atom stereocenters. The third-order valence-electron chi connectivity index (χ3n) is 3.68. The standard InChI is InChI=1S/C20H17N3OS/c1-14-3-7-17(8-4-14)22-12-16(11-21)20-23-19(13-25-20)15-5-9-18(24-2)10-6-15/h3-10,12-13,22H,1-2H3. The van der Waals surface area contributed by atoms with Crippen LogP contribution in [-0.4, -0.2) is 12.1 Å². The third kappa shape index (κ3) is 4.06. The van der Waals surface area contributed by atoms with E-state index in [1.807, 2.05) is 60.8 Å². The van der Waals surface area contributed by atoms with Crippen LogP contribution in [0.3, 0.4) is 0 Å². The average molecular weight is 347 g/mol. The van der Waals surface area contributed by atoms with Crippen LogP contribution in [-0.2, 0) is 0 Å². The molecule has 25 heavy (non-hydrogen) atoms. The molecule has 3 rings (SSSR count). The summed E-state index contributed by atoms with van der Waals surface area (Å²) in [7, 11) is 1.64. The highest BCUT2D eigenvalue weighted by molar-refractivity contribution is 7.11. The lowest BCUT2D eigenvalue weighted by Crippen LogP contribution is -1.91. The van der Waals surface area contributed by atoms with Gasteiger partial charge in [0, 0.05) is 22.8 Å². The topological polar surface area (TPSA) is 57.9 Å². The van der Waals surface area contributed by atoms with E-state index >= 15 is 0 Å². The Hall–Kier alpha value is -3.10. The lowest BCUT2D eigenvalue weighted by molar-refractivity contribution is 0.415. The number of anilines is 1. The number of aromatic nitrogens is 1. The first-order valence-corrected chi connectivity index (χ1v) is 8.61. The molecule has 5 heteroatoms. The Bertz CT molecular complexity index is 919. The average Bonchev–Trinajstić information content (AvgIpc) is 3.14. The van der Waals surface area contributed by atoms with Crippen molar-refractivity contribution < 1.29 is 4.74 Å². The van der Waals surface area contributed by atoms with Crippen molar-refractivity contribution in [1.29, 1.82) is 5.26 Å². The van der Waals surface area contributed by atoms with E-state index in [9.17, 15) is 5.26 Å². The number of methoxy groups -OCH3 is 1. The highest BCUT2D eigenvalue weighted by Crippen LogP contribution is 2.27. The molecule has 0 bridgehead atoms. The van der Waals surface area contributed by atoms with Gasteiger partial charge in [0.25, 0.3) is 0 Å². The second-order valence-corrected chi connectivity index (χ2v) is 6.30. The van der Waals surface area contributed by atoms with E-state index in [1.165, 1.54) is 16.9 Å². The van der Waals surface area contributed by atoms with Gasteiger partial charge in [0.05, 0.1) is 12.8 Å². The monoisotopic (exact) mass is 347 g/mol. The third-order valence-corrected chi connectivity index (χ3v) is 4.55. The van der Waals surface area contributed by atoms with Crippen molar-refractivity contribution in [3.63, 3.8) is 0 Å². The first-order chi connectivity index (χ1) is 12.2. The van der Waals surface area contributed by atoms with Gasteiger partial charge in [0.2, 0.25) is 0 Å². The fourth-order valence-corrected chi connectivity index (χ4v) is 3.03. The van der Waals surface area contributed by atoms with Crippen LogP contribution in [0.4, 0.5) is 5.69 Å². The molecule has 1 heterocycles. The van der Waals surface area contributed by atoms with Gasteiger partial charge in [0.15, 0.2) is 0 Å². The molecule has 0 amide bonds. The molecule has 1 N–H and O–H groups in total. The van der Waals surface area contributed by atoms with Gasteiger partial charge in [-0.2, -0.15) is 5.26 Å². The Balaban J connectivity index is 1.79. The van der Waals surface area contributed by atoms with Gasteiger partial charge in [-0.25, -0.2) is 4.98 Å². The van der Waals surface area contributed by atoms with E-state index < -0.39 is 0 Å². The molecule has 0 unspecified atom stereocenters. The zero-order chi connectivity index (χ0) is 17.6. The zero-order valence-corrected chi connectivity index (χ0v) is 14.8. The SMILES string of the molecule is COc1ccc(-c2csc(C(C#N)=CNc3ccc(C)cc3)n2)cc1. The largest absolute Gasteiger partial charge is 0.497 e. The molecule has 0 fully saturated rings. The summed E-state index contributed by atoms with van der Waals surface area (Å²) in [6.45, 7) is 2.04. The fourth-order valence-electron chi connectivity index (χ4n) is 2.24. The number of ether oxygens (including phenoxy) is 1. The molecule has 0 aliphatic heterocycles. The smallest absolute Gasteiger partial charge is 0.136 e. The first-order valence-electron chi connectivity index (χ1n) is 7.73. The van der Waals surface area contributed by atoms with Crippen molar-refractivity contribution in [2.45, 2.75) is 6.92 Å². The van der Waals surface area contributed by atoms with Crippen molar-refractivity contribution in [2.75, 3.05) is 12.4 Å². The number of aryl methyl sites for hydroxylation is 1. The minimum Gasteiger partial charge on any atom is -0.497 e. The van der Waals surface area contributed by atoms with Crippen LogP contribution in [0.2, 0.25) is 0 Å². The number of nitrogens with one attached hydrogen (secondary N) is 1. The van der Waals surface area contributed by atoms with Crippen LogP contribution >= 0.6 is 11.3 Å². The van der Waals surface area contributed by atoms with Crippen molar-refractivity contribution in [3.8, 4) is 23.1 Å². The van der Waals surface area contributed by atoms with E-state index in [-0.39, 0.29) is 0 Å². The Morgan fingerprint density at radius 1 is 1.16 bits per heavy atom. The highest BCUT2D eigenvalue weighted by Gasteiger charge is 2.09. The normalized spacial score (nSPS) is 11.0. The number of nitrogens with zero attached hydrogens (tertiary/aromatic N) is 2. The van der Waals surface area contributed by atoms with Crippen LogP contribution in [0, 0.1) is 18.3 Å². The summed E-state index contributed by atoms with van der Waals surface area (Å²) in [5, 5.41) is 15.2. The van der Waals surface area contributed by atoms with E-state index in [2.05, 4.69) is 16.4 Å². The number of hydrogen-bond acceptors (Lipinski definition) is 5. The Morgan fingerprint density at radius 3 is 2.52 bits per heavy atom. The number of rotatable bonds is 5. The van der Waals surface area contributed by atoms with Gasteiger partial charge < -0.3 is 10.1 Å². The van der Waals surface area contributed by atoms with Gasteiger partial charge in [-0.3, -0.25) is 0 Å². The quantitative estimate of drug-likeness (QED) is 0.652. The van der Waals surface area contributed by atoms with Crippen molar-refractivity contribution >= 4 is 22.6 Å².